The van der Waals surface area contributed by atoms with Crippen LogP contribution in [0.1, 0.15) is 39.6 Å². The lowest BCUT2D eigenvalue weighted by Crippen LogP contribution is -2.17. The number of ether oxygens (including phenoxy) is 1. The summed E-state index contributed by atoms with van der Waals surface area (Å²) in [5.74, 6) is -1.41. The second-order valence-corrected chi connectivity index (χ2v) is 8.23. The van der Waals surface area contributed by atoms with E-state index in [2.05, 4.69) is 5.16 Å². The number of hydrogen-bond donors (Lipinski definition) is 1. The molecular formula is C26H23NO6S. The van der Waals surface area contributed by atoms with Crippen LogP contribution in [0.15, 0.2) is 93.8 Å². The Morgan fingerprint density at radius 1 is 0.824 bits per heavy atom. The zero-order chi connectivity index (χ0) is 24.3. The number of aliphatic hydroxyl groups is 1. The Morgan fingerprint density at radius 2 is 1.41 bits per heavy atom. The molecule has 34 heavy (non-hydrogen) atoms. The van der Waals surface area contributed by atoms with Gasteiger partial charge in [-0.15, -0.1) is 0 Å². The average molecular weight is 478 g/mol. The van der Waals surface area contributed by atoms with Gasteiger partial charge in [0.2, 0.25) is 5.78 Å². The van der Waals surface area contributed by atoms with Crippen molar-refractivity contribution in [3.63, 3.8) is 0 Å². The molecule has 0 aliphatic heterocycles. The molecule has 3 aromatic rings. The molecule has 0 spiro atoms. The van der Waals surface area contributed by atoms with Gasteiger partial charge in [0, 0.05) is 40.9 Å². The fraction of sp³-hybridized carbons (Fsp3) is 0.154. The van der Waals surface area contributed by atoms with Crippen molar-refractivity contribution in [2.24, 2.45) is 5.16 Å². The van der Waals surface area contributed by atoms with Crippen LogP contribution in [0.4, 0.5) is 0 Å². The van der Waals surface area contributed by atoms with Gasteiger partial charge in [0.25, 0.3) is 0 Å². The van der Waals surface area contributed by atoms with Crippen LogP contribution >= 0.6 is 11.8 Å². The van der Waals surface area contributed by atoms with Crippen LogP contribution in [0.2, 0.25) is 0 Å². The zero-order valence-electron chi connectivity index (χ0n) is 18.5. The minimum Gasteiger partial charge on any atom is -0.462 e. The summed E-state index contributed by atoms with van der Waals surface area (Å²) < 4.78 is 5.07. The highest BCUT2D eigenvalue weighted by molar-refractivity contribution is 7.99. The lowest BCUT2D eigenvalue weighted by atomic mass is 10.0. The summed E-state index contributed by atoms with van der Waals surface area (Å²) in [6, 6.07) is 22.8. The molecule has 0 aliphatic carbocycles. The summed E-state index contributed by atoms with van der Waals surface area (Å²) in [5, 5.41) is 12.5. The average Bonchev–Trinajstić information content (AvgIpc) is 2.85. The molecule has 0 saturated carbocycles. The van der Waals surface area contributed by atoms with Crippen molar-refractivity contribution < 1.29 is 29.1 Å². The van der Waals surface area contributed by atoms with E-state index in [1.54, 1.807) is 48.5 Å². The number of benzene rings is 3. The van der Waals surface area contributed by atoms with Crippen molar-refractivity contribution in [2.75, 3.05) is 13.2 Å². The second kappa shape index (κ2) is 12.5. The molecule has 0 bridgehead atoms. The molecule has 0 saturated heterocycles. The highest BCUT2D eigenvalue weighted by atomic mass is 32.2. The van der Waals surface area contributed by atoms with E-state index in [0.29, 0.717) is 23.1 Å². The maximum atomic E-state index is 13.0. The van der Waals surface area contributed by atoms with E-state index in [9.17, 15) is 14.4 Å². The number of aliphatic hydroxyl groups excluding tert-OH is 1. The molecule has 8 heteroatoms. The highest BCUT2D eigenvalue weighted by Gasteiger charge is 2.18. The van der Waals surface area contributed by atoms with Crippen molar-refractivity contribution in [1.82, 2.24) is 0 Å². The van der Waals surface area contributed by atoms with Crippen LogP contribution in [0.25, 0.3) is 0 Å². The van der Waals surface area contributed by atoms with E-state index in [4.69, 9.17) is 14.7 Å². The maximum Gasteiger partial charge on any atom is 0.338 e. The number of rotatable bonds is 10. The normalized spacial score (nSPS) is 11.1. The summed E-state index contributed by atoms with van der Waals surface area (Å²) in [6.07, 6.45) is 0.403. The van der Waals surface area contributed by atoms with Gasteiger partial charge < -0.3 is 14.7 Å². The van der Waals surface area contributed by atoms with Crippen molar-refractivity contribution in [2.45, 2.75) is 23.1 Å². The molecule has 0 atom stereocenters. The van der Waals surface area contributed by atoms with Crippen molar-refractivity contribution in [3.8, 4) is 0 Å². The Morgan fingerprint density at radius 3 is 1.97 bits per heavy atom. The van der Waals surface area contributed by atoms with Gasteiger partial charge in [0.05, 0.1) is 12.2 Å². The zero-order valence-corrected chi connectivity index (χ0v) is 19.3. The third-order valence-electron chi connectivity index (χ3n) is 4.51. The number of esters is 1. The molecule has 174 valence electrons. The quantitative estimate of drug-likeness (QED) is 0.114. The van der Waals surface area contributed by atoms with Crippen molar-refractivity contribution >= 4 is 35.2 Å². The predicted molar refractivity (Wildman–Crippen MR) is 128 cm³/mol. The molecule has 3 rings (SSSR count). The van der Waals surface area contributed by atoms with E-state index in [1.807, 2.05) is 30.3 Å². The lowest BCUT2D eigenvalue weighted by molar-refractivity contribution is -0.140. The van der Waals surface area contributed by atoms with E-state index in [-0.39, 0.29) is 24.7 Å². The topological polar surface area (TPSA) is 102 Å². The smallest absolute Gasteiger partial charge is 0.338 e. The van der Waals surface area contributed by atoms with Gasteiger partial charge in [-0.3, -0.25) is 4.79 Å². The molecule has 0 radical (unpaired) electrons. The molecule has 0 unspecified atom stereocenters. The van der Waals surface area contributed by atoms with Crippen LogP contribution < -0.4 is 0 Å². The molecule has 1 N–H and O–H groups in total. The minimum atomic E-state index is -0.614. The summed E-state index contributed by atoms with van der Waals surface area (Å²) in [4.78, 5) is 42.7. The Bertz CT molecular complexity index is 1160. The number of oxime groups is 1. The van der Waals surface area contributed by atoms with E-state index < -0.39 is 11.9 Å². The van der Waals surface area contributed by atoms with Gasteiger partial charge in [-0.1, -0.05) is 47.2 Å². The first kappa shape index (κ1) is 24.9. The Labute approximate surface area is 201 Å². The highest BCUT2D eigenvalue weighted by Crippen LogP contribution is 2.28. The van der Waals surface area contributed by atoms with Gasteiger partial charge in [0.15, 0.2) is 5.71 Å². The largest absolute Gasteiger partial charge is 0.462 e. The predicted octanol–water partition coefficient (Wildman–Crippen LogP) is 4.53. The number of Topliss-reactive ketones (excluding diaryl/α,β-unsaturated/α-hetero) is 1. The van der Waals surface area contributed by atoms with Crippen molar-refractivity contribution in [3.05, 3.63) is 95.6 Å². The van der Waals surface area contributed by atoms with Gasteiger partial charge in [-0.2, -0.15) is 0 Å². The van der Waals surface area contributed by atoms with Crippen LogP contribution in [-0.2, 0) is 14.4 Å². The number of nitrogens with zero attached hydrogens (tertiary/aromatic N) is 1. The first-order valence-corrected chi connectivity index (χ1v) is 11.3. The van der Waals surface area contributed by atoms with Crippen molar-refractivity contribution in [1.29, 1.82) is 0 Å². The first-order chi connectivity index (χ1) is 16.5. The minimum absolute atomic E-state index is 0.0280. The van der Waals surface area contributed by atoms with E-state index in [1.165, 1.54) is 18.7 Å². The van der Waals surface area contributed by atoms with Gasteiger partial charge in [-0.25, -0.2) is 9.59 Å². The Balaban J connectivity index is 1.69. The summed E-state index contributed by atoms with van der Waals surface area (Å²) in [7, 11) is 0. The van der Waals surface area contributed by atoms with Gasteiger partial charge in [0.1, 0.15) is 0 Å². The summed E-state index contributed by atoms with van der Waals surface area (Å²) in [5.41, 5.74) is 1.42. The molecule has 0 heterocycles. The molecule has 0 aliphatic rings. The van der Waals surface area contributed by atoms with Crippen LogP contribution in [-0.4, -0.2) is 41.8 Å². The summed E-state index contributed by atoms with van der Waals surface area (Å²) in [6.45, 7) is 1.36. The monoisotopic (exact) mass is 477 g/mol. The molecule has 0 amide bonds. The Hall–Kier alpha value is -3.75. The molecule has 0 aromatic heterocycles. The number of carbonyl (C=O) groups is 3. The third kappa shape index (κ3) is 7.13. The molecule has 3 aromatic carbocycles. The number of ketones is 1. The molecule has 0 fully saturated rings. The molecule has 7 nitrogen and oxygen atoms in total. The number of carbonyl (C=O) groups excluding carboxylic acids is 3. The lowest BCUT2D eigenvalue weighted by Gasteiger charge is -2.07. The Kier molecular flexibility index (Phi) is 9.13. The summed E-state index contributed by atoms with van der Waals surface area (Å²) >= 11 is 1.47. The SMILES string of the molecule is CC(=O)ON=C(C(=O)c1ccc(Sc2ccc(C(=O)OCCCO)cc2)cc1)c1ccccc1. The maximum absolute atomic E-state index is 13.0. The molecular weight excluding hydrogens is 454 g/mol. The van der Waals surface area contributed by atoms with Crippen LogP contribution in [0.5, 0.6) is 0 Å². The van der Waals surface area contributed by atoms with Gasteiger partial charge in [-0.05, 0) is 48.5 Å². The van der Waals surface area contributed by atoms with Crippen LogP contribution in [0.3, 0.4) is 0 Å². The second-order valence-electron chi connectivity index (χ2n) is 7.08. The fourth-order valence-electron chi connectivity index (χ4n) is 2.85. The van der Waals surface area contributed by atoms with E-state index in [0.717, 1.165) is 9.79 Å². The van der Waals surface area contributed by atoms with Gasteiger partial charge >= 0.3 is 11.9 Å². The first-order valence-electron chi connectivity index (χ1n) is 10.5. The fourth-order valence-corrected chi connectivity index (χ4v) is 3.67. The third-order valence-corrected chi connectivity index (χ3v) is 5.52. The standard InChI is InChI=1S/C26H23NO6S/c1-18(29)33-27-24(19-6-3-2-4-7-19)25(30)20-8-12-22(13-9-20)34-23-14-10-21(11-15-23)26(31)32-17-5-16-28/h2-4,6-15,28H,5,16-17H2,1H3. The van der Waals surface area contributed by atoms with E-state index >= 15 is 0 Å². The van der Waals surface area contributed by atoms with Crippen LogP contribution in [0, 0.1) is 0 Å². The number of hydrogen-bond acceptors (Lipinski definition) is 8.